The number of hydrogen-bond acceptors (Lipinski definition) is 6. The van der Waals surface area contributed by atoms with Gasteiger partial charge in [-0.15, -0.1) is 0 Å². The molecule has 2 saturated heterocycles. The van der Waals surface area contributed by atoms with Crippen molar-refractivity contribution in [3.63, 3.8) is 0 Å². The smallest absolute Gasteiger partial charge is 0.290 e. The molecular formula is C21H23FN4O6. The number of amides is 2. The summed E-state index contributed by atoms with van der Waals surface area (Å²) in [6, 6.07) is 5.90. The number of carboxylic acid groups (broad SMARTS) is 1. The van der Waals surface area contributed by atoms with Gasteiger partial charge in [-0.3, -0.25) is 19.2 Å². The van der Waals surface area contributed by atoms with Gasteiger partial charge in [0, 0.05) is 44.8 Å². The average molecular weight is 446 g/mol. The highest BCUT2D eigenvalue weighted by Crippen LogP contribution is 2.45. The zero-order chi connectivity index (χ0) is 23.3. The molecular weight excluding hydrogens is 423 g/mol. The number of rotatable bonds is 4. The molecule has 10 nitrogen and oxygen atoms in total. The fourth-order valence-corrected chi connectivity index (χ4v) is 4.41. The highest BCUT2D eigenvalue weighted by molar-refractivity contribution is 5.92. The molecule has 2 fully saturated rings. The number of benzene rings is 1. The first-order chi connectivity index (χ1) is 15.4. The number of fused-ring (bicyclic) bond motifs is 1. The first kappa shape index (κ1) is 23.1. The van der Waals surface area contributed by atoms with Crippen molar-refractivity contribution in [1.29, 1.82) is 0 Å². The predicted molar refractivity (Wildman–Crippen MR) is 109 cm³/mol. The third kappa shape index (κ3) is 4.83. The van der Waals surface area contributed by atoms with Crippen LogP contribution in [0, 0.1) is 17.7 Å². The van der Waals surface area contributed by atoms with Gasteiger partial charge in [0.05, 0.1) is 12.2 Å². The lowest BCUT2D eigenvalue weighted by atomic mass is 9.89. The van der Waals surface area contributed by atoms with Crippen LogP contribution in [0.15, 0.2) is 41.5 Å². The van der Waals surface area contributed by atoms with Crippen molar-refractivity contribution in [2.75, 3.05) is 33.4 Å². The maximum absolute atomic E-state index is 13.9. The van der Waals surface area contributed by atoms with Crippen molar-refractivity contribution in [1.82, 2.24) is 19.8 Å². The molecule has 1 aromatic carbocycles. The molecule has 2 aliphatic heterocycles. The van der Waals surface area contributed by atoms with Crippen LogP contribution in [0.1, 0.15) is 22.1 Å². The Kier molecular flexibility index (Phi) is 7.31. The van der Waals surface area contributed by atoms with E-state index in [-0.39, 0.29) is 59.8 Å². The van der Waals surface area contributed by atoms with Crippen LogP contribution < -0.4 is 5.56 Å². The molecule has 2 aliphatic rings. The Labute approximate surface area is 182 Å². The fraction of sp³-hybridized carbons (Fsp3) is 0.381. The summed E-state index contributed by atoms with van der Waals surface area (Å²) >= 11 is 0. The standard InChI is InChI=1S/C20H21FN4O4.CH2O2/c1-29-11-18(27)25-9-13-8-24(20(28)16-6-23-17(26)7-22-16)10-15(13)19(25)12-3-2-4-14(21)5-12;2-1-3/h2-7,13,15,19H,8-11H2,1H3,(H,23,26);1H,(H,2,3)/t13-,15-,19+;/m1./s1. The number of aromatic nitrogens is 2. The monoisotopic (exact) mass is 446 g/mol. The molecule has 2 aromatic rings. The van der Waals surface area contributed by atoms with Crippen LogP contribution in [0.2, 0.25) is 0 Å². The molecule has 0 unspecified atom stereocenters. The van der Waals surface area contributed by atoms with Crippen molar-refractivity contribution in [2.45, 2.75) is 6.04 Å². The fourth-order valence-electron chi connectivity index (χ4n) is 4.41. The lowest BCUT2D eigenvalue weighted by molar-refractivity contribution is -0.136. The van der Waals surface area contributed by atoms with Crippen LogP contribution in [-0.4, -0.2) is 76.5 Å². The van der Waals surface area contributed by atoms with E-state index in [1.165, 1.54) is 25.4 Å². The topological polar surface area (TPSA) is 133 Å². The number of carbonyl (C=O) groups is 3. The Morgan fingerprint density at radius 1 is 1.34 bits per heavy atom. The van der Waals surface area contributed by atoms with Crippen LogP contribution in [0.4, 0.5) is 4.39 Å². The van der Waals surface area contributed by atoms with E-state index in [2.05, 4.69) is 9.97 Å². The lowest BCUT2D eigenvalue weighted by Gasteiger charge is -2.30. The summed E-state index contributed by atoms with van der Waals surface area (Å²) in [5.41, 5.74) is 0.496. The summed E-state index contributed by atoms with van der Waals surface area (Å²) in [4.78, 5) is 54.7. The third-order valence-corrected chi connectivity index (χ3v) is 5.62. The second kappa shape index (κ2) is 10.1. The number of nitrogens with zero attached hydrogens (tertiary/aromatic N) is 3. The van der Waals surface area contributed by atoms with Crippen molar-refractivity contribution in [3.05, 3.63) is 64.1 Å². The molecule has 1 aromatic heterocycles. The first-order valence-corrected chi connectivity index (χ1v) is 9.85. The van der Waals surface area contributed by atoms with Crippen molar-refractivity contribution < 1.29 is 28.6 Å². The number of likely N-dealkylation sites (tertiary alicyclic amines) is 2. The van der Waals surface area contributed by atoms with E-state index in [1.807, 2.05) is 0 Å². The van der Waals surface area contributed by atoms with Crippen LogP contribution in [0.3, 0.4) is 0 Å². The highest BCUT2D eigenvalue weighted by Gasteiger charge is 2.50. The zero-order valence-electron chi connectivity index (χ0n) is 17.3. The molecule has 4 rings (SSSR count). The number of carbonyl (C=O) groups excluding carboxylic acids is 2. The Bertz CT molecular complexity index is 1020. The number of nitrogens with one attached hydrogen (secondary N) is 1. The predicted octanol–water partition coefficient (Wildman–Crippen LogP) is 0.528. The number of H-pyrrole nitrogens is 1. The first-order valence-electron chi connectivity index (χ1n) is 9.85. The van der Waals surface area contributed by atoms with E-state index < -0.39 is 0 Å². The highest BCUT2D eigenvalue weighted by atomic mass is 19.1. The Balaban J connectivity index is 0.000000913. The van der Waals surface area contributed by atoms with Gasteiger partial charge in [0.2, 0.25) is 5.91 Å². The Hall–Kier alpha value is -3.60. The molecule has 0 spiro atoms. The van der Waals surface area contributed by atoms with Crippen molar-refractivity contribution in [3.8, 4) is 0 Å². The van der Waals surface area contributed by atoms with E-state index in [1.54, 1.807) is 21.9 Å². The Morgan fingerprint density at radius 3 is 2.72 bits per heavy atom. The van der Waals surface area contributed by atoms with Crippen LogP contribution in [0.25, 0.3) is 0 Å². The minimum Gasteiger partial charge on any atom is -0.483 e. The zero-order valence-corrected chi connectivity index (χ0v) is 17.3. The number of aromatic amines is 1. The molecule has 0 saturated carbocycles. The number of methoxy groups -OCH3 is 1. The second-order valence-corrected chi connectivity index (χ2v) is 7.51. The molecule has 0 radical (unpaired) electrons. The van der Waals surface area contributed by atoms with Gasteiger partial charge in [0.1, 0.15) is 18.1 Å². The number of ether oxygens (including phenoxy) is 1. The Morgan fingerprint density at radius 2 is 2.09 bits per heavy atom. The van der Waals surface area contributed by atoms with Gasteiger partial charge in [0.15, 0.2) is 0 Å². The molecule has 0 bridgehead atoms. The van der Waals surface area contributed by atoms with E-state index in [9.17, 15) is 18.8 Å². The van der Waals surface area contributed by atoms with Gasteiger partial charge in [-0.05, 0) is 17.7 Å². The summed E-state index contributed by atoms with van der Waals surface area (Å²) in [7, 11) is 1.46. The summed E-state index contributed by atoms with van der Waals surface area (Å²) in [5, 5.41) is 6.89. The summed E-state index contributed by atoms with van der Waals surface area (Å²) < 4.78 is 18.9. The summed E-state index contributed by atoms with van der Waals surface area (Å²) in [6.45, 7) is 1.06. The quantitative estimate of drug-likeness (QED) is 0.655. The van der Waals surface area contributed by atoms with Gasteiger partial charge < -0.3 is 24.6 Å². The SMILES string of the molecule is COCC(=O)N1C[C@H]2CN(C(=O)c3c[nH]c(=O)cn3)C[C@H]2[C@@H]1c1cccc(F)c1.O=CO. The second-order valence-electron chi connectivity index (χ2n) is 7.51. The number of hydrogen-bond donors (Lipinski definition) is 2. The lowest BCUT2D eigenvalue weighted by Crippen LogP contribution is -2.39. The van der Waals surface area contributed by atoms with Gasteiger partial charge >= 0.3 is 0 Å². The molecule has 3 heterocycles. The van der Waals surface area contributed by atoms with Crippen molar-refractivity contribution >= 4 is 18.3 Å². The summed E-state index contributed by atoms with van der Waals surface area (Å²) in [5.74, 6) is -0.756. The van der Waals surface area contributed by atoms with Gasteiger partial charge in [-0.1, -0.05) is 12.1 Å². The van der Waals surface area contributed by atoms with Crippen LogP contribution in [-0.2, 0) is 14.3 Å². The van der Waals surface area contributed by atoms with Crippen LogP contribution >= 0.6 is 0 Å². The minimum atomic E-state index is -0.377. The van der Waals surface area contributed by atoms with E-state index in [4.69, 9.17) is 14.6 Å². The van der Waals surface area contributed by atoms with Gasteiger partial charge in [-0.2, -0.15) is 0 Å². The van der Waals surface area contributed by atoms with Gasteiger partial charge in [0.25, 0.3) is 17.9 Å². The molecule has 2 amide bonds. The normalized spacial score (nSPS) is 21.5. The molecule has 2 N–H and O–H groups in total. The third-order valence-electron chi connectivity index (χ3n) is 5.62. The molecule has 0 aliphatic carbocycles. The largest absolute Gasteiger partial charge is 0.483 e. The molecule has 32 heavy (non-hydrogen) atoms. The van der Waals surface area contributed by atoms with Crippen molar-refractivity contribution in [2.24, 2.45) is 11.8 Å². The summed E-state index contributed by atoms with van der Waals surface area (Å²) in [6.07, 6.45) is 2.38. The molecule has 11 heteroatoms. The maximum atomic E-state index is 13.9. The van der Waals surface area contributed by atoms with E-state index in [0.29, 0.717) is 25.2 Å². The average Bonchev–Trinajstić information content (AvgIpc) is 3.32. The molecule has 3 atom stereocenters. The van der Waals surface area contributed by atoms with Crippen LogP contribution in [0.5, 0.6) is 0 Å². The van der Waals surface area contributed by atoms with Gasteiger partial charge in [-0.25, -0.2) is 9.37 Å². The molecule has 170 valence electrons. The maximum Gasteiger partial charge on any atom is 0.290 e. The number of halogens is 1. The van der Waals surface area contributed by atoms with E-state index >= 15 is 0 Å². The van der Waals surface area contributed by atoms with E-state index in [0.717, 1.165) is 6.20 Å². The minimum absolute atomic E-state index is 0.0238.